The van der Waals surface area contributed by atoms with E-state index in [4.69, 9.17) is 0 Å². The Morgan fingerprint density at radius 3 is 2.74 bits per heavy atom. The zero-order valence-corrected chi connectivity index (χ0v) is 14.1. The molecule has 3 nitrogen and oxygen atoms in total. The smallest absolute Gasteiger partial charge is 0.0767 e. The predicted molar refractivity (Wildman–Crippen MR) is 84.6 cm³/mol. The summed E-state index contributed by atoms with van der Waals surface area (Å²) in [6.45, 7) is 9.11. The maximum atomic E-state index is 4.61. The van der Waals surface area contributed by atoms with Crippen LogP contribution < -0.4 is 5.32 Å². The van der Waals surface area contributed by atoms with Crippen LogP contribution in [0.3, 0.4) is 0 Å². The molecule has 1 N–H and O–H groups in total. The molecule has 0 amide bonds. The van der Waals surface area contributed by atoms with Crippen molar-refractivity contribution in [3.63, 3.8) is 0 Å². The monoisotopic (exact) mass is 341 g/mol. The highest BCUT2D eigenvalue weighted by atomic mass is 79.9. The first kappa shape index (κ1) is 14.8. The van der Waals surface area contributed by atoms with Crippen molar-refractivity contribution in [2.75, 3.05) is 0 Å². The highest BCUT2D eigenvalue weighted by Crippen LogP contribution is 2.22. The lowest BCUT2D eigenvalue weighted by Crippen LogP contribution is -2.16. The molecule has 19 heavy (non-hydrogen) atoms. The Bertz CT molecular complexity index is 545. The van der Waals surface area contributed by atoms with Crippen LogP contribution in [0.5, 0.6) is 0 Å². The fourth-order valence-electron chi connectivity index (χ4n) is 2.07. The first-order chi connectivity index (χ1) is 9.17. The van der Waals surface area contributed by atoms with Crippen LogP contribution in [0.1, 0.15) is 35.7 Å². The largest absolute Gasteiger partial charge is 0.306 e. The summed E-state index contributed by atoms with van der Waals surface area (Å²) >= 11 is 5.49. The van der Waals surface area contributed by atoms with E-state index in [1.54, 1.807) is 0 Å². The lowest BCUT2D eigenvalue weighted by Gasteiger charge is -2.07. The third-order valence-corrected chi connectivity index (χ3v) is 5.18. The van der Waals surface area contributed by atoms with Gasteiger partial charge >= 0.3 is 0 Å². The highest BCUT2D eigenvalue weighted by molar-refractivity contribution is 9.10. The maximum absolute atomic E-state index is 4.61. The van der Waals surface area contributed by atoms with Gasteiger partial charge in [-0.2, -0.15) is 5.10 Å². The van der Waals surface area contributed by atoms with Crippen LogP contribution in [0.4, 0.5) is 0 Å². The number of aromatic nitrogens is 2. The van der Waals surface area contributed by atoms with Crippen molar-refractivity contribution in [2.24, 2.45) is 0 Å². The number of nitrogens with one attached hydrogen (secondary N) is 1. The summed E-state index contributed by atoms with van der Waals surface area (Å²) in [6.07, 6.45) is 0.963. The number of aryl methyl sites for hydroxylation is 3. The number of hydrogen-bond donors (Lipinski definition) is 1. The molecule has 0 atom stereocenters. The summed E-state index contributed by atoms with van der Waals surface area (Å²) < 4.78 is 3.24. The van der Waals surface area contributed by atoms with Crippen LogP contribution in [0, 0.1) is 6.92 Å². The van der Waals surface area contributed by atoms with E-state index in [1.807, 2.05) is 11.3 Å². The Morgan fingerprint density at radius 2 is 2.16 bits per heavy atom. The van der Waals surface area contributed by atoms with Crippen LogP contribution in [-0.2, 0) is 26.1 Å². The van der Waals surface area contributed by atoms with Crippen LogP contribution in [0.15, 0.2) is 15.9 Å². The zero-order valence-electron chi connectivity index (χ0n) is 11.7. The third kappa shape index (κ3) is 3.27. The van der Waals surface area contributed by atoms with Crippen molar-refractivity contribution in [1.29, 1.82) is 0 Å². The van der Waals surface area contributed by atoms with E-state index >= 15 is 0 Å². The summed E-state index contributed by atoms with van der Waals surface area (Å²) in [5.74, 6) is 0. The SMILES string of the molecule is CCc1nn(CC)c(CNCc2sccc2C)c1Br. The number of nitrogens with zero attached hydrogens (tertiary/aromatic N) is 2. The highest BCUT2D eigenvalue weighted by Gasteiger charge is 2.13. The summed E-state index contributed by atoms with van der Waals surface area (Å²) in [7, 11) is 0. The molecule has 0 fully saturated rings. The van der Waals surface area contributed by atoms with Gasteiger partial charge in [0.25, 0.3) is 0 Å². The molecule has 104 valence electrons. The number of halogens is 1. The Morgan fingerprint density at radius 1 is 1.37 bits per heavy atom. The lowest BCUT2D eigenvalue weighted by molar-refractivity contribution is 0.578. The molecule has 2 heterocycles. The van der Waals surface area contributed by atoms with E-state index in [-0.39, 0.29) is 0 Å². The van der Waals surface area contributed by atoms with Crippen molar-refractivity contribution in [3.8, 4) is 0 Å². The fraction of sp³-hybridized carbons (Fsp3) is 0.500. The van der Waals surface area contributed by atoms with Gasteiger partial charge in [-0.05, 0) is 53.2 Å². The second-order valence-corrected chi connectivity index (χ2v) is 6.30. The molecule has 0 aliphatic heterocycles. The molecule has 0 spiro atoms. The average Bonchev–Trinajstić information content (AvgIpc) is 2.95. The van der Waals surface area contributed by atoms with Crippen LogP contribution >= 0.6 is 27.3 Å². The van der Waals surface area contributed by atoms with Crippen molar-refractivity contribution in [3.05, 3.63) is 37.7 Å². The molecule has 0 aliphatic rings. The van der Waals surface area contributed by atoms with Crippen molar-refractivity contribution in [1.82, 2.24) is 15.1 Å². The van der Waals surface area contributed by atoms with Crippen molar-refractivity contribution < 1.29 is 0 Å². The summed E-state index contributed by atoms with van der Waals surface area (Å²) in [5.41, 5.74) is 3.76. The summed E-state index contributed by atoms with van der Waals surface area (Å²) in [4.78, 5) is 1.41. The average molecular weight is 342 g/mol. The second-order valence-electron chi connectivity index (χ2n) is 4.51. The quantitative estimate of drug-likeness (QED) is 0.863. The Balaban J connectivity index is 2.03. The predicted octanol–water partition coefficient (Wildman–Crippen LogP) is 3.89. The first-order valence-electron chi connectivity index (χ1n) is 6.65. The van der Waals surface area contributed by atoms with Gasteiger partial charge in [0.1, 0.15) is 0 Å². The molecule has 0 saturated heterocycles. The van der Waals surface area contributed by atoms with Gasteiger partial charge in [0.15, 0.2) is 0 Å². The zero-order chi connectivity index (χ0) is 13.8. The number of rotatable bonds is 6. The minimum absolute atomic E-state index is 0.846. The summed E-state index contributed by atoms with van der Waals surface area (Å²) in [5, 5.41) is 10.3. The second kappa shape index (κ2) is 6.68. The van der Waals surface area contributed by atoms with E-state index in [1.165, 1.54) is 16.1 Å². The third-order valence-electron chi connectivity index (χ3n) is 3.24. The van der Waals surface area contributed by atoms with Crippen LogP contribution in [0.25, 0.3) is 0 Å². The number of hydrogen-bond acceptors (Lipinski definition) is 3. The molecular weight excluding hydrogens is 322 g/mol. The Kier molecular flexibility index (Phi) is 5.19. The van der Waals surface area contributed by atoms with E-state index in [0.717, 1.165) is 36.2 Å². The van der Waals surface area contributed by atoms with Gasteiger partial charge < -0.3 is 5.32 Å². The van der Waals surface area contributed by atoms with Gasteiger partial charge in [0.2, 0.25) is 0 Å². The van der Waals surface area contributed by atoms with Crippen molar-refractivity contribution in [2.45, 2.75) is 46.8 Å². The molecule has 0 bridgehead atoms. The first-order valence-corrected chi connectivity index (χ1v) is 8.32. The summed E-state index contributed by atoms with van der Waals surface area (Å²) in [6, 6.07) is 2.17. The fourth-order valence-corrected chi connectivity index (χ4v) is 3.65. The molecule has 0 unspecified atom stereocenters. The minimum atomic E-state index is 0.846. The van der Waals surface area contributed by atoms with E-state index < -0.39 is 0 Å². The van der Waals surface area contributed by atoms with Gasteiger partial charge in [-0.3, -0.25) is 4.68 Å². The van der Waals surface area contributed by atoms with Crippen molar-refractivity contribution >= 4 is 27.3 Å². The van der Waals surface area contributed by atoms with Gasteiger partial charge in [0.05, 0.1) is 15.9 Å². The molecule has 0 saturated carbocycles. The minimum Gasteiger partial charge on any atom is -0.306 e. The molecule has 2 rings (SSSR count). The van der Waals surface area contributed by atoms with Gasteiger partial charge in [-0.15, -0.1) is 11.3 Å². The van der Waals surface area contributed by atoms with Gasteiger partial charge in [-0.1, -0.05) is 6.92 Å². The van der Waals surface area contributed by atoms with Crippen LogP contribution in [0.2, 0.25) is 0 Å². The molecule has 0 radical (unpaired) electrons. The van der Waals surface area contributed by atoms with E-state index in [9.17, 15) is 0 Å². The van der Waals surface area contributed by atoms with Crippen LogP contribution in [-0.4, -0.2) is 9.78 Å². The van der Waals surface area contributed by atoms with E-state index in [0.29, 0.717) is 0 Å². The number of thiophene rings is 1. The Hall–Kier alpha value is -0.650. The lowest BCUT2D eigenvalue weighted by atomic mass is 10.3. The molecular formula is C14H20BrN3S. The molecule has 5 heteroatoms. The molecule has 2 aromatic heterocycles. The maximum Gasteiger partial charge on any atom is 0.0767 e. The standard InChI is InChI=1S/C14H20BrN3S/c1-4-11-14(15)12(18(5-2)17-11)8-16-9-13-10(3)6-7-19-13/h6-7,16H,4-5,8-9H2,1-3H3. The van der Waals surface area contributed by atoms with E-state index in [2.05, 4.69) is 63.2 Å². The van der Waals surface area contributed by atoms with Gasteiger partial charge in [-0.25, -0.2) is 0 Å². The van der Waals surface area contributed by atoms with Gasteiger partial charge in [0, 0.05) is 24.5 Å². The molecule has 2 aromatic rings. The molecule has 0 aliphatic carbocycles. The Labute approximate surface area is 127 Å². The topological polar surface area (TPSA) is 29.9 Å². The molecule has 0 aromatic carbocycles. The normalized spacial score (nSPS) is 11.2.